The molecule has 3 N–H and O–H groups in total. The molecule has 0 unspecified atom stereocenters. The fourth-order valence-corrected chi connectivity index (χ4v) is 3.85. The number of benzene rings is 1. The zero-order valence-corrected chi connectivity index (χ0v) is 20.0. The lowest BCUT2D eigenvalue weighted by Gasteiger charge is -2.24. The molecule has 5 rings (SSSR count). The van der Waals surface area contributed by atoms with Gasteiger partial charge in [0.15, 0.2) is 0 Å². The van der Waals surface area contributed by atoms with Gasteiger partial charge >= 0.3 is 0 Å². The Labute approximate surface area is 203 Å². The maximum Gasteiger partial charge on any atom is 0.139 e. The van der Waals surface area contributed by atoms with Crippen LogP contribution in [-0.2, 0) is 13.6 Å². The van der Waals surface area contributed by atoms with Gasteiger partial charge in [-0.3, -0.25) is 9.08 Å². The van der Waals surface area contributed by atoms with Gasteiger partial charge in [0, 0.05) is 49.4 Å². The minimum Gasteiger partial charge on any atom is -0.394 e. The first-order valence-corrected chi connectivity index (χ1v) is 11.4. The highest BCUT2D eigenvalue weighted by molar-refractivity contribution is 5.66. The molecule has 178 valence electrons. The average Bonchev–Trinajstić information content (AvgIpc) is 3.49. The van der Waals surface area contributed by atoms with Gasteiger partial charge < -0.3 is 15.7 Å². The number of imidazole rings is 1. The van der Waals surface area contributed by atoms with Crippen LogP contribution in [0.2, 0.25) is 0 Å². The molecule has 0 aliphatic rings. The summed E-state index contributed by atoms with van der Waals surface area (Å²) < 4.78 is 3.79. The SMILES string of the molecule is Cn1cc(-c2ccc(CNc3cc(-c4cnc5cc(NC(C)(C)CO)ccn45)ncn3)cc2)cn1. The van der Waals surface area contributed by atoms with Crippen LogP contribution in [0.4, 0.5) is 11.5 Å². The number of hydrogen-bond acceptors (Lipinski definition) is 7. The van der Waals surface area contributed by atoms with Crippen molar-refractivity contribution in [1.82, 2.24) is 29.1 Å². The van der Waals surface area contributed by atoms with Crippen LogP contribution in [0.15, 0.2) is 73.6 Å². The van der Waals surface area contributed by atoms with Gasteiger partial charge in [-0.15, -0.1) is 0 Å². The molecule has 0 bridgehead atoms. The molecule has 4 aromatic heterocycles. The van der Waals surface area contributed by atoms with Crippen molar-refractivity contribution < 1.29 is 5.11 Å². The maximum absolute atomic E-state index is 9.52. The van der Waals surface area contributed by atoms with E-state index in [1.807, 2.05) is 62.1 Å². The zero-order valence-electron chi connectivity index (χ0n) is 20.0. The lowest BCUT2D eigenvalue weighted by molar-refractivity contribution is 0.234. The van der Waals surface area contributed by atoms with Crippen molar-refractivity contribution in [2.24, 2.45) is 7.05 Å². The summed E-state index contributed by atoms with van der Waals surface area (Å²) in [5.41, 5.74) is 6.31. The van der Waals surface area contributed by atoms with E-state index in [2.05, 4.69) is 54.9 Å². The minimum atomic E-state index is -0.417. The summed E-state index contributed by atoms with van der Waals surface area (Å²) in [4.78, 5) is 13.4. The highest BCUT2D eigenvalue weighted by atomic mass is 16.3. The van der Waals surface area contributed by atoms with Crippen LogP contribution in [0, 0.1) is 0 Å². The summed E-state index contributed by atoms with van der Waals surface area (Å²) in [6.07, 6.45) is 9.18. The number of fused-ring (bicyclic) bond motifs is 1. The molecule has 9 heteroatoms. The van der Waals surface area contributed by atoms with E-state index in [4.69, 9.17) is 0 Å². The highest BCUT2D eigenvalue weighted by Crippen LogP contribution is 2.24. The third-order valence-electron chi connectivity index (χ3n) is 5.79. The second-order valence-corrected chi connectivity index (χ2v) is 9.20. The second kappa shape index (κ2) is 9.19. The number of nitrogens with one attached hydrogen (secondary N) is 2. The monoisotopic (exact) mass is 468 g/mol. The Morgan fingerprint density at radius 3 is 2.54 bits per heavy atom. The van der Waals surface area contributed by atoms with Crippen molar-refractivity contribution in [1.29, 1.82) is 0 Å². The Morgan fingerprint density at radius 1 is 0.971 bits per heavy atom. The Bertz CT molecular complexity index is 1450. The van der Waals surface area contributed by atoms with Crippen molar-refractivity contribution in [2.45, 2.75) is 25.9 Å². The molecule has 0 amide bonds. The van der Waals surface area contributed by atoms with Crippen LogP contribution in [0.1, 0.15) is 19.4 Å². The molecule has 0 spiro atoms. The number of aliphatic hydroxyl groups excluding tert-OH is 1. The van der Waals surface area contributed by atoms with Crippen LogP contribution in [0.25, 0.3) is 28.2 Å². The third-order valence-corrected chi connectivity index (χ3v) is 5.79. The first kappa shape index (κ1) is 22.5. The molecule has 1 aromatic carbocycles. The summed E-state index contributed by atoms with van der Waals surface area (Å²) in [5.74, 6) is 0.740. The molecule has 0 fully saturated rings. The van der Waals surface area contributed by atoms with Crippen molar-refractivity contribution in [2.75, 3.05) is 17.2 Å². The van der Waals surface area contributed by atoms with Gasteiger partial charge in [0.1, 0.15) is 17.8 Å². The lowest BCUT2D eigenvalue weighted by atomic mass is 10.1. The van der Waals surface area contributed by atoms with Crippen LogP contribution >= 0.6 is 0 Å². The van der Waals surface area contributed by atoms with E-state index in [-0.39, 0.29) is 6.61 Å². The smallest absolute Gasteiger partial charge is 0.139 e. The summed E-state index contributed by atoms with van der Waals surface area (Å²) in [7, 11) is 1.92. The van der Waals surface area contributed by atoms with Gasteiger partial charge in [0.25, 0.3) is 0 Å². The molecule has 0 aliphatic carbocycles. The van der Waals surface area contributed by atoms with Gasteiger partial charge in [-0.2, -0.15) is 5.10 Å². The van der Waals surface area contributed by atoms with Crippen molar-refractivity contribution in [3.05, 3.63) is 79.1 Å². The molecule has 4 heterocycles. The highest BCUT2D eigenvalue weighted by Gasteiger charge is 2.16. The molecule has 35 heavy (non-hydrogen) atoms. The number of aliphatic hydroxyl groups is 1. The second-order valence-electron chi connectivity index (χ2n) is 9.20. The van der Waals surface area contributed by atoms with Crippen molar-refractivity contribution >= 4 is 17.2 Å². The molecule has 0 saturated heterocycles. The molecular weight excluding hydrogens is 440 g/mol. The van der Waals surface area contributed by atoms with Gasteiger partial charge in [-0.05, 0) is 31.0 Å². The first-order valence-electron chi connectivity index (χ1n) is 11.4. The predicted octanol–water partition coefficient (Wildman–Crippen LogP) is 3.99. The molecule has 5 aromatic rings. The Balaban J connectivity index is 1.30. The molecular formula is C26H28N8O. The van der Waals surface area contributed by atoms with E-state index < -0.39 is 5.54 Å². The number of rotatable bonds is 8. The van der Waals surface area contributed by atoms with Gasteiger partial charge in [0.05, 0.1) is 35.9 Å². The van der Waals surface area contributed by atoms with Crippen LogP contribution in [0.5, 0.6) is 0 Å². The van der Waals surface area contributed by atoms with E-state index in [1.54, 1.807) is 17.2 Å². The molecule has 9 nitrogen and oxygen atoms in total. The van der Waals surface area contributed by atoms with E-state index in [9.17, 15) is 5.11 Å². The van der Waals surface area contributed by atoms with Crippen LogP contribution in [-0.4, -0.2) is 46.4 Å². The number of hydrogen-bond donors (Lipinski definition) is 3. The van der Waals surface area contributed by atoms with Crippen LogP contribution < -0.4 is 10.6 Å². The number of nitrogens with zero attached hydrogens (tertiary/aromatic N) is 6. The lowest BCUT2D eigenvalue weighted by Crippen LogP contribution is -2.34. The number of pyridine rings is 1. The summed E-state index contributed by atoms with van der Waals surface area (Å²) >= 11 is 0. The summed E-state index contributed by atoms with van der Waals surface area (Å²) in [5, 5.41) is 20.5. The molecule has 0 radical (unpaired) electrons. The van der Waals surface area contributed by atoms with E-state index in [0.29, 0.717) is 6.54 Å². The quantitative estimate of drug-likeness (QED) is 0.316. The summed E-state index contributed by atoms with van der Waals surface area (Å²) in [6, 6.07) is 14.2. The van der Waals surface area contributed by atoms with E-state index in [0.717, 1.165) is 45.2 Å². The number of aromatic nitrogens is 6. The fourth-order valence-electron chi connectivity index (χ4n) is 3.85. The topological polar surface area (TPSA) is 105 Å². The Hall–Kier alpha value is -4.24. The van der Waals surface area contributed by atoms with Crippen molar-refractivity contribution in [3.8, 4) is 22.5 Å². The zero-order chi connectivity index (χ0) is 24.4. The molecule has 0 atom stereocenters. The average molecular weight is 469 g/mol. The normalized spacial score (nSPS) is 11.7. The first-order chi connectivity index (χ1) is 16.9. The third kappa shape index (κ3) is 4.99. The van der Waals surface area contributed by atoms with E-state index >= 15 is 0 Å². The Morgan fingerprint density at radius 2 is 1.80 bits per heavy atom. The van der Waals surface area contributed by atoms with Gasteiger partial charge in [0.2, 0.25) is 0 Å². The van der Waals surface area contributed by atoms with E-state index in [1.165, 1.54) is 0 Å². The van der Waals surface area contributed by atoms with Gasteiger partial charge in [-0.1, -0.05) is 24.3 Å². The largest absolute Gasteiger partial charge is 0.394 e. The molecule has 0 aliphatic heterocycles. The minimum absolute atomic E-state index is 0.0310. The van der Waals surface area contributed by atoms with Gasteiger partial charge in [-0.25, -0.2) is 15.0 Å². The standard InChI is InChI=1S/C26H28N8O/c1-26(2,16-35)32-21-8-9-34-23(14-28-25(34)10-21)22-11-24(30-17-29-22)27-12-18-4-6-19(7-5-18)20-13-31-33(3)15-20/h4-11,13-15,17,32,35H,12,16H2,1-3H3,(H,27,29,30). The summed E-state index contributed by atoms with van der Waals surface area (Å²) in [6.45, 7) is 4.56. The number of aryl methyl sites for hydroxylation is 1. The maximum atomic E-state index is 9.52. The van der Waals surface area contributed by atoms with Crippen molar-refractivity contribution in [3.63, 3.8) is 0 Å². The Kier molecular flexibility index (Phi) is 5.92. The fraction of sp³-hybridized carbons (Fsp3) is 0.231. The van der Waals surface area contributed by atoms with Crippen LogP contribution in [0.3, 0.4) is 0 Å². The molecule has 0 saturated carbocycles. The number of anilines is 2. The predicted molar refractivity (Wildman–Crippen MR) is 137 cm³/mol.